The van der Waals surface area contributed by atoms with Gasteiger partial charge in [-0.2, -0.15) is 4.98 Å². The first-order valence-electron chi connectivity index (χ1n) is 3.91. The van der Waals surface area contributed by atoms with Crippen molar-refractivity contribution in [1.29, 1.82) is 0 Å². The van der Waals surface area contributed by atoms with Crippen molar-refractivity contribution in [1.82, 2.24) is 9.97 Å². The summed E-state index contributed by atoms with van der Waals surface area (Å²) < 4.78 is 5.00. The van der Waals surface area contributed by atoms with Crippen LogP contribution < -0.4 is 11.3 Å². The highest BCUT2D eigenvalue weighted by Crippen LogP contribution is 2.09. The van der Waals surface area contributed by atoms with Crippen LogP contribution in [0.2, 0.25) is 0 Å². The van der Waals surface area contributed by atoms with Gasteiger partial charge in [-0.25, -0.2) is 0 Å². The molecule has 3 N–H and O–H groups in total. The summed E-state index contributed by atoms with van der Waals surface area (Å²) >= 11 is 0. The molecule has 0 aromatic carbocycles. The fourth-order valence-corrected chi connectivity index (χ4v) is 1.10. The van der Waals surface area contributed by atoms with E-state index in [1.807, 2.05) is 0 Å². The molecule has 5 nitrogen and oxygen atoms in total. The van der Waals surface area contributed by atoms with Crippen LogP contribution in [0.15, 0.2) is 21.5 Å². The SMILES string of the molecule is CC(N)c1nc2occc2c(=O)[nH]1. The van der Waals surface area contributed by atoms with E-state index in [1.54, 1.807) is 13.0 Å². The standard InChI is InChI=1S/C8H9N3O2/c1-4(9)6-10-7(12)5-2-3-13-8(5)11-6/h2-4H,9H2,1H3,(H,10,11,12). The predicted molar refractivity (Wildman–Crippen MR) is 47.2 cm³/mol. The molecule has 1 unspecified atom stereocenters. The summed E-state index contributed by atoms with van der Waals surface area (Å²) in [6.07, 6.45) is 1.43. The number of nitrogens with zero attached hydrogens (tertiary/aromatic N) is 1. The van der Waals surface area contributed by atoms with E-state index in [4.69, 9.17) is 10.2 Å². The lowest BCUT2D eigenvalue weighted by Gasteiger charge is -2.02. The maximum absolute atomic E-state index is 11.4. The zero-order valence-corrected chi connectivity index (χ0v) is 7.07. The van der Waals surface area contributed by atoms with E-state index >= 15 is 0 Å². The molecule has 2 rings (SSSR count). The van der Waals surface area contributed by atoms with Gasteiger partial charge >= 0.3 is 0 Å². The van der Waals surface area contributed by atoms with Crippen molar-refractivity contribution in [2.75, 3.05) is 0 Å². The molecule has 0 saturated carbocycles. The number of rotatable bonds is 1. The summed E-state index contributed by atoms with van der Waals surface area (Å²) in [6.45, 7) is 1.74. The van der Waals surface area contributed by atoms with Gasteiger partial charge in [-0.1, -0.05) is 0 Å². The summed E-state index contributed by atoms with van der Waals surface area (Å²) in [5.74, 6) is 0.437. The monoisotopic (exact) mass is 179 g/mol. The third kappa shape index (κ3) is 1.23. The summed E-state index contributed by atoms with van der Waals surface area (Å²) in [7, 11) is 0. The van der Waals surface area contributed by atoms with Crippen LogP contribution in [0.1, 0.15) is 18.8 Å². The number of fused-ring (bicyclic) bond motifs is 1. The lowest BCUT2D eigenvalue weighted by molar-refractivity contribution is 0.594. The second-order valence-electron chi connectivity index (χ2n) is 2.88. The second-order valence-corrected chi connectivity index (χ2v) is 2.88. The van der Waals surface area contributed by atoms with E-state index in [0.29, 0.717) is 16.9 Å². The number of nitrogens with one attached hydrogen (secondary N) is 1. The Morgan fingerprint density at radius 2 is 2.46 bits per heavy atom. The maximum atomic E-state index is 11.4. The van der Waals surface area contributed by atoms with Gasteiger partial charge in [0.05, 0.1) is 12.3 Å². The van der Waals surface area contributed by atoms with Gasteiger partial charge in [0.15, 0.2) is 0 Å². The van der Waals surface area contributed by atoms with E-state index in [9.17, 15) is 4.79 Å². The molecule has 0 spiro atoms. The summed E-state index contributed by atoms with van der Waals surface area (Å²) in [6, 6.07) is 1.27. The quantitative estimate of drug-likeness (QED) is 0.668. The zero-order valence-electron chi connectivity index (χ0n) is 7.07. The van der Waals surface area contributed by atoms with Crippen LogP contribution >= 0.6 is 0 Å². The fraction of sp³-hybridized carbons (Fsp3) is 0.250. The first-order valence-corrected chi connectivity index (χ1v) is 3.91. The molecule has 0 aliphatic heterocycles. The zero-order chi connectivity index (χ0) is 9.42. The van der Waals surface area contributed by atoms with Gasteiger partial charge in [-0.05, 0) is 13.0 Å². The van der Waals surface area contributed by atoms with Gasteiger partial charge in [0.25, 0.3) is 5.56 Å². The number of furan rings is 1. The first-order chi connectivity index (χ1) is 6.18. The molecule has 68 valence electrons. The van der Waals surface area contributed by atoms with Crippen molar-refractivity contribution in [3.63, 3.8) is 0 Å². The van der Waals surface area contributed by atoms with Gasteiger partial charge in [0, 0.05) is 0 Å². The van der Waals surface area contributed by atoms with Crippen LogP contribution in [0.4, 0.5) is 0 Å². The summed E-state index contributed by atoms with van der Waals surface area (Å²) in [4.78, 5) is 18.0. The average Bonchev–Trinajstić information content (AvgIpc) is 2.51. The van der Waals surface area contributed by atoms with E-state index in [1.165, 1.54) is 6.26 Å². The fourth-order valence-electron chi connectivity index (χ4n) is 1.10. The van der Waals surface area contributed by atoms with E-state index in [0.717, 1.165) is 0 Å². The number of nitrogens with two attached hydrogens (primary N) is 1. The molecule has 2 heterocycles. The molecule has 0 radical (unpaired) electrons. The van der Waals surface area contributed by atoms with E-state index < -0.39 is 0 Å². The van der Waals surface area contributed by atoms with Gasteiger partial charge in [0.2, 0.25) is 5.71 Å². The van der Waals surface area contributed by atoms with Gasteiger partial charge in [-0.3, -0.25) is 4.79 Å². The highest BCUT2D eigenvalue weighted by molar-refractivity contribution is 5.71. The first kappa shape index (κ1) is 8.00. The largest absolute Gasteiger partial charge is 0.446 e. The molecule has 5 heteroatoms. The smallest absolute Gasteiger partial charge is 0.262 e. The Labute approximate surface area is 73.6 Å². The minimum absolute atomic E-state index is 0.217. The Kier molecular flexibility index (Phi) is 1.66. The number of hydrogen-bond donors (Lipinski definition) is 2. The van der Waals surface area contributed by atoms with Crippen LogP contribution in [-0.4, -0.2) is 9.97 Å². The molecule has 13 heavy (non-hydrogen) atoms. The molecular weight excluding hydrogens is 170 g/mol. The molecule has 0 amide bonds. The minimum atomic E-state index is -0.304. The van der Waals surface area contributed by atoms with Crippen molar-refractivity contribution >= 4 is 11.1 Å². The van der Waals surface area contributed by atoms with E-state index in [2.05, 4.69) is 9.97 Å². The van der Waals surface area contributed by atoms with Gasteiger partial charge in [-0.15, -0.1) is 0 Å². The molecule has 0 saturated heterocycles. The lowest BCUT2D eigenvalue weighted by Crippen LogP contribution is -2.16. The van der Waals surface area contributed by atoms with Crippen LogP contribution in [0.5, 0.6) is 0 Å². The number of H-pyrrole nitrogens is 1. The van der Waals surface area contributed by atoms with Crippen LogP contribution in [0.3, 0.4) is 0 Å². The molecule has 2 aromatic heterocycles. The maximum Gasteiger partial charge on any atom is 0.262 e. The van der Waals surface area contributed by atoms with Crippen molar-refractivity contribution in [2.45, 2.75) is 13.0 Å². The van der Waals surface area contributed by atoms with Gasteiger partial charge in [0.1, 0.15) is 11.2 Å². The highest BCUT2D eigenvalue weighted by Gasteiger charge is 2.08. The Hall–Kier alpha value is -1.62. The number of aromatic amines is 1. The Bertz CT molecular complexity index is 483. The van der Waals surface area contributed by atoms with Gasteiger partial charge < -0.3 is 15.1 Å². The molecule has 0 bridgehead atoms. The topological polar surface area (TPSA) is 84.9 Å². The Morgan fingerprint density at radius 1 is 1.69 bits per heavy atom. The number of hydrogen-bond acceptors (Lipinski definition) is 4. The van der Waals surface area contributed by atoms with Crippen LogP contribution in [0, 0.1) is 0 Å². The molecular formula is C8H9N3O2. The minimum Gasteiger partial charge on any atom is -0.446 e. The Morgan fingerprint density at radius 3 is 3.15 bits per heavy atom. The van der Waals surface area contributed by atoms with Crippen molar-refractivity contribution in [3.8, 4) is 0 Å². The molecule has 0 aliphatic rings. The number of aromatic nitrogens is 2. The average molecular weight is 179 g/mol. The van der Waals surface area contributed by atoms with Crippen molar-refractivity contribution in [3.05, 3.63) is 28.5 Å². The molecule has 0 aliphatic carbocycles. The third-order valence-electron chi connectivity index (χ3n) is 1.78. The van der Waals surface area contributed by atoms with E-state index in [-0.39, 0.29) is 11.6 Å². The third-order valence-corrected chi connectivity index (χ3v) is 1.78. The molecule has 2 aromatic rings. The normalized spacial score (nSPS) is 13.4. The predicted octanol–water partition coefficient (Wildman–Crippen LogP) is 0.536. The van der Waals surface area contributed by atoms with Crippen molar-refractivity contribution in [2.24, 2.45) is 5.73 Å². The lowest BCUT2D eigenvalue weighted by atomic mass is 10.3. The molecule has 0 fully saturated rings. The summed E-state index contributed by atoms with van der Waals surface area (Å²) in [5.41, 5.74) is 5.68. The summed E-state index contributed by atoms with van der Waals surface area (Å²) in [5, 5.41) is 0.449. The Balaban J connectivity index is 2.77. The van der Waals surface area contributed by atoms with Crippen LogP contribution in [-0.2, 0) is 0 Å². The highest BCUT2D eigenvalue weighted by atomic mass is 16.3. The second kappa shape index (κ2) is 2.70. The molecule has 1 atom stereocenters. The van der Waals surface area contributed by atoms with Crippen molar-refractivity contribution < 1.29 is 4.42 Å². The van der Waals surface area contributed by atoms with Crippen LogP contribution in [0.25, 0.3) is 11.1 Å².